The van der Waals surface area contributed by atoms with Crippen molar-refractivity contribution in [1.29, 1.82) is 0 Å². The molecule has 0 aliphatic carbocycles. The summed E-state index contributed by atoms with van der Waals surface area (Å²) in [4.78, 5) is 22.3. The van der Waals surface area contributed by atoms with E-state index in [4.69, 9.17) is 0 Å². The molecule has 0 heterocycles. The van der Waals surface area contributed by atoms with Gasteiger partial charge in [0.25, 0.3) is 0 Å². The zero-order valence-electron chi connectivity index (χ0n) is 8.61. The molecule has 4 nitrogen and oxygen atoms in total. The number of rotatable bonds is 3. The highest BCUT2D eigenvalue weighted by atomic mass is 16.5. The van der Waals surface area contributed by atoms with Gasteiger partial charge in [-0.25, -0.2) is 0 Å². The van der Waals surface area contributed by atoms with Crippen molar-refractivity contribution in [2.24, 2.45) is 0 Å². The molecule has 0 bridgehead atoms. The first-order valence-electron chi connectivity index (χ1n) is 4.44. The lowest BCUT2D eigenvalue weighted by Gasteiger charge is -2.06. The molecule has 0 saturated carbocycles. The number of esters is 1. The highest BCUT2D eigenvalue weighted by molar-refractivity contribution is 5.96. The lowest BCUT2D eigenvalue weighted by Crippen LogP contribution is -2.08. The Hall–Kier alpha value is -1.84. The van der Waals surface area contributed by atoms with Crippen LogP contribution < -0.4 is 0 Å². The van der Waals surface area contributed by atoms with E-state index in [1.54, 1.807) is 0 Å². The summed E-state index contributed by atoms with van der Waals surface area (Å²) in [7, 11) is 1.28. The maximum atomic E-state index is 11.2. The predicted molar refractivity (Wildman–Crippen MR) is 53.8 cm³/mol. The molecular weight excluding hydrogens is 196 g/mol. The van der Waals surface area contributed by atoms with E-state index in [-0.39, 0.29) is 18.0 Å². The number of phenols is 1. The van der Waals surface area contributed by atoms with Gasteiger partial charge in [0.15, 0.2) is 5.78 Å². The van der Waals surface area contributed by atoms with Crippen molar-refractivity contribution < 1.29 is 19.4 Å². The lowest BCUT2D eigenvalue weighted by atomic mass is 10.0. The summed E-state index contributed by atoms with van der Waals surface area (Å²) in [5, 5.41) is 9.24. The average molecular weight is 208 g/mol. The van der Waals surface area contributed by atoms with Gasteiger partial charge in [-0.05, 0) is 30.7 Å². The SMILES string of the molecule is COC(=O)Cc1cc(O)ccc1C(C)=O. The van der Waals surface area contributed by atoms with Crippen LogP contribution in [0.25, 0.3) is 0 Å². The minimum atomic E-state index is -0.442. The fraction of sp³-hybridized carbons (Fsp3) is 0.273. The minimum absolute atomic E-state index is 0.0141. The van der Waals surface area contributed by atoms with Gasteiger partial charge in [-0.1, -0.05) is 0 Å². The summed E-state index contributed by atoms with van der Waals surface area (Å²) in [5.74, 6) is -0.559. The molecule has 0 saturated heterocycles. The van der Waals surface area contributed by atoms with Crippen LogP contribution in [0, 0.1) is 0 Å². The quantitative estimate of drug-likeness (QED) is 0.601. The van der Waals surface area contributed by atoms with Gasteiger partial charge in [-0.15, -0.1) is 0 Å². The van der Waals surface area contributed by atoms with Crippen LogP contribution in [0.5, 0.6) is 5.75 Å². The molecule has 1 rings (SSSR count). The van der Waals surface area contributed by atoms with Crippen LogP contribution in [-0.2, 0) is 16.0 Å². The Balaban J connectivity index is 3.07. The molecule has 4 heteroatoms. The van der Waals surface area contributed by atoms with Crippen molar-refractivity contribution in [2.45, 2.75) is 13.3 Å². The molecule has 80 valence electrons. The molecule has 0 aliphatic rings. The predicted octanol–water partition coefficient (Wildman–Crippen LogP) is 1.31. The van der Waals surface area contributed by atoms with E-state index in [0.29, 0.717) is 11.1 Å². The third kappa shape index (κ3) is 2.80. The van der Waals surface area contributed by atoms with Crippen LogP contribution in [-0.4, -0.2) is 24.0 Å². The Labute approximate surface area is 87.5 Å². The Morgan fingerprint density at radius 1 is 1.40 bits per heavy atom. The smallest absolute Gasteiger partial charge is 0.310 e. The van der Waals surface area contributed by atoms with Gasteiger partial charge in [0.2, 0.25) is 0 Å². The lowest BCUT2D eigenvalue weighted by molar-refractivity contribution is -0.139. The molecule has 1 aromatic carbocycles. The van der Waals surface area contributed by atoms with E-state index >= 15 is 0 Å². The second-order valence-electron chi connectivity index (χ2n) is 3.15. The number of aromatic hydroxyl groups is 1. The maximum absolute atomic E-state index is 11.2. The number of Topliss-reactive ketones (excluding diaryl/α,β-unsaturated/α-hetero) is 1. The first-order valence-corrected chi connectivity index (χ1v) is 4.44. The Bertz CT molecular complexity index is 396. The minimum Gasteiger partial charge on any atom is -0.508 e. The van der Waals surface area contributed by atoms with E-state index < -0.39 is 5.97 Å². The molecule has 15 heavy (non-hydrogen) atoms. The summed E-state index contributed by atoms with van der Waals surface area (Å²) < 4.78 is 4.50. The van der Waals surface area contributed by atoms with Crippen LogP contribution in [0.15, 0.2) is 18.2 Å². The van der Waals surface area contributed by atoms with Gasteiger partial charge in [0.05, 0.1) is 13.5 Å². The zero-order valence-corrected chi connectivity index (χ0v) is 8.61. The summed E-state index contributed by atoms with van der Waals surface area (Å²) in [6.45, 7) is 1.41. The number of ether oxygens (including phenoxy) is 1. The van der Waals surface area contributed by atoms with Crippen LogP contribution in [0.1, 0.15) is 22.8 Å². The zero-order chi connectivity index (χ0) is 11.4. The Kier molecular flexibility index (Phi) is 3.44. The van der Waals surface area contributed by atoms with Gasteiger partial charge >= 0.3 is 5.97 Å². The Morgan fingerprint density at radius 2 is 2.07 bits per heavy atom. The second-order valence-corrected chi connectivity index (χ2v) is 3.15. The summed E-state index contributed by atoms with van der Waals surface area (Å²) in [6.07, 6.45) is -0.0141. The number of ketones is 1. The fourth-order valence-electron chi connectivity index (χ4n) is 1.30. The molecule has 1 N–H and O–H groups in total. The number of carbonyl (C=O) groups excluding carboxylic acids is 2. The van der Waals surface area contributed by atoms with Crippen molar-refractivity contribution in [3.8, 4) is 5.75 Å². The maximum Gasteiger partial charge on any atom is 0.310 e. The molecule has 1 aromatic rings. The first kappa shape index (κ1) is 11.2. The standard InChI is InChI=1S/C11H12O4/c1-7(12)10-4-3-9(13)5-8(10)6-11(14)15-2/h3-5,13H,6H2,1-2H3. The topological polar surface area (TPSA) is 63.6 Å². The molecule has 0 radical (unpaired) electrons. The molecule has 0 aliphatic heterocycles. The van der Waals surface area contributed by atoms with Crippen LogP contribution >= 0.6 is 0 Å². The average Bonchev–Trinajstić information content (AvgIpc) is 2.17. The van der Waals surface area contributed by atoms with Gasteiger partial charge in [-0.3, -0.25) is 9.59 Å². The molecule has 0 spiro atoms. The van der Waals surface area contributed by atoms with Gasteiger partial charge < -0.3 is 9.84 Å². The van der Waals surface area contributed by atoms with Crippen molar-refractivity contribution in [3.05, 3.63) is 29.3 Å². The Morgan fingerprint density at radius 3 is 2.60 bits per heavy atom. The van der Waals surface area contributed by atoms with Crippen LogP contribution in [0.4, 0.5) is 0 Å². The van der Waals surface area contributed by atoms with E-state index in [0.717, 1.165) is 0 Å². The first-order chi connectivity index (χ1) is 7.04. The van der Waals surface area contributed by atoms with Gasteiger partial charge in [0, 0.05) is 5.56 Å². The number of hydrogen-bond donors (Lipinski definition) is 1. The molecular formula is C11H12O4. The monoisotopic (exact) mass is 208 g/mol. The van der Waals surface area contributed by atoms with Crippen LogP contribution in [0.2, 0.25) is 0 Å². The van der Waals surface area contributed by atoms with Crippen molar-refractivity contribution in [3.63, 3.8) is 0 Å². The van der Waals surface area contributed by atoms with Crippen molar-refractivity contribution >= 4 is 11.8 Å². The van der Waals surface area contributed by atoms with Gasteiger partial charge in [-0.2, -0.15) is 0 Å². The molecule has 0 unspecified atom stereocenters. The largest absolute Gasteiger partial charge is 0.508 e. The number of benzene rings is 1. The molecule has 0 fully saturated rings. The number of phenolic OH excluding ortho intramolecular Hbond substituents is 1. The van der Waals surface area contributed by atoms with E-state index in [1.165, 1.54) is 32.2 Å². The highest BCUT2D eigenvalue weighted by Crippen LogP contribution is 2.18. The number of hydrogen-bond acceptors (Lipinski definition) is 4. The summed E-state index contributed by atoms with van der Waals surface area (Å²) >= 11 is 0. The fourth-order valence-corrected chi connectivity index (χ4v) is 1.30. The van der Waals surface area contributed by atoms with Gasteiger partial charge in [0.1, 0.15) is 5.75 Å². The van der Waals surface area contributed by atoms with E-state index in [1.807, 2.05) is 0 Å². The third-order valence-corrected chi connectivity index (χ3v) is 2.03. The van der Waals surface area contributed by atoms with E-state index in [2.05, 4.69) is 4.74 Å². The van der Waals surface area contributed by atoms with Crippen LogP contribution in [0.3, 0.4) is 0 Å². The summed E-state index contributed by atoms with van der Waals surface area (Å²) in [5.41, 5.74) is 0.910. The molecule has 0 atom stereocenters. The second kappa shape index (κ2) is 4.59. The number of carbonyl (C=O) groups is 2. The van der Waals surface area contributed by atoms with E-state index in [9.17, 15) is 14.7 Å². The van der Waals surface area contributed by atoms with Crippen molar-refractivity contribution in [2.75, 3.05) is 7.11 Å². The molecule has 0 aromatic heterocycles. The third-order valence-electron chi connectivity index (χ3n) is 2.03. The summed E-state index contributed by atoms with van der Waals surface area (Å²) in [6, 6.07) is 4.31. The highest BCUT2D eigenvalue weighted by Gasteiger charge is 2.11. The normalized spacial score (nSPS) is 9.73. The van der Waals surface area contributed by atoms with Crippen molar-refractivity contribution in [1.82, 2.24) is 0 Å². The molecule has 0 amide bonds. The number of methoxy groups -OCH3 is 1.